The van der Waals surface area contributed by atoms with Crippen molar-refractivity contribution in [3.63, 3.8) is 0 Å². The lowest BCUT2D eigenvalue weighted by Crippen LogP contribution is -2.82. The molecule has 1 aliphatic carbocycles. The van der Waals surface area contributed by atoms with Crippen LogP contribution in [0.5, 0.6) is 0 Å². The largest absolute Gasteiger partial charge is 0.377 e. The number of carbonyl (C=O) groups excluding carboxylic acids is 1. The number of rotatable bonds is 4. The van der Waals surface area contributed by atoms with Gasteiger partial charge in [-0.05, 0) is 25.7 Å². The van der Waals surface area contributed by atoms with Gasteiger partial charge in [0.25, 0.3) is 0 Å². The Hall–Kier alpha value is -0.610. The van der Waals surface area contributed by atoms with Crippen LogP contribution >= 0.6 is 0 Å². The molecule has 0 spiro atoms. The third-order valence-corrected chi connectivity index (χ3v) is 5.38. The standard InChI is InChI=1S/C15H28N2O2/c1-5-10(6-2)17-13(18)15(16)11-8-7-9-19-12(11)14(15,3)4/h10-12H,5-9,16H2,1-4H3,(H,17,18). The van der Waals surface area contributed by atoms with Crippen molar-refractivity contribution >= 4 is 5.91 Å². The van der Waals surface area contributed by atoms with Gasteiger partial charge in [-0.1, -0.05) is 27.7 Å². The lowest BCUT2D eigenvalue weighted by Gasteiger charge is -2.65. The SMILES string of the molecule is CCC(CC)NC(=O)C1(N)C2CCCOC2C1(C)C. The predicted octanol–water partition coefficient (Wildman–Crippen LogP) is 1.82. The first-order valence-electron chi connectivity index (χ1n) is 7.61. The second-order valence-corrected chi connectivity index (χ2v) is 6.62. The van der Waals surface area contributed by atoms with Crippen LogP contribution in [0.1, 0.15) is 53.4 Å². The molecule has 0 aromatic carbocycles. The van der Waals surface area contributed by atoms with Crippen molar-refractivity contribution in [2.24, 2.45) is 17.1 Å². The van der Waals surface area contributed by atoms with Gasteiger partial charge in [0, 0.05) is 24.0 Å². The second-order valence-electron chi connectivity index (χ2n) is 6.62. The normalized spacial score (nSPS) is 36.5. The number of nitrogens with one attached hydrogen (secondary N) is 1. The van der Waals surface area contributed by atoms with E-state index in [2.05, 4.69) is 33.0 Å². The fraction of sp³-hybridized carbons (Fsp3) is 0.933. The van der Waals surface area contributed by atoms with E-state index in [1.54, 1.807) is 0 Å². The molecule has 1 saturated carbocycles. The van der Waals surface area contributed by atoms with E-state index in [-0.39, 0.29) is 29.4 Å². The van der Waals surface area contributed by atoms with Gasteiger partial charge in [-0.25, -0.2) is 0 Å². The zero-order valence-electron chi connectivity index (χ0n) is 12.7. The van der Waals surface area contributed by atoms with Crippen LogP contribution < -0.4 is 11.1 Å². The first-order valence-corrected chi connectivity index (χ1v) is 7.61. The molecule has 3 atom stereocenters. The molecule has 1 saturated heterocycles. The highest BCUT2D eigenvalue weighted by molar-refractivity contribution is 5.89. The van der Waals surface area contributed by atoms with Gasteiger partial charge in [-0.15, -0.1) is 0 Å². The first-order chi connectivity index (χ1) is 8.89. The Morgan fingerprint density at radius 2 is 2.05 bits per heavy atom. The Bertz CT molecular complexity index is 352. The molecule has 4 nitrogen and oxygen atoms in total. The zero-order chi connectivity index (χ0) is 14.3. The molecule has 1 heterocycles. The number of hydrogen-bond acceptors (Lipinski definition) is 3. The Morgan fingerprint density at radius 3 is 2.63 bits per heavy atom. The summed E-state index contributed by atoms with van der Waals surface area (Å²) in [6.45, 7) is 9.11. The number of carbonyl (C=O) groups is 1. The molecule has 3 unspecified atom stereocenters. The molecule has 2 rings (SSSR count). The van der Waals surface area contributed by atoms with Crippen molar-refractivity contribution in [2.45, 2.75) is 71.1 Å². The van der Waals surface area contributed by atoms with Crippen molar-refractivity contribution in [3.8, 4) is 0 Å². The highest BCUT2D eigenvalue weighted by Crippen LogP contribution is 2.57. The van der Waals surface area contributed by atoms with Gasteiger partial charge in [0.05, 0.1) is 6.10 Å². The predicted molar refractivity (Wildman–Crippen MR) is 75.7 cm³/mol. The van der Waals surface area contributed by atoms with Crippen LogP contribution in [0, 0.1) is 11.3 Å². The van der Waals surface area contributed by atoms with Crippen LogP contribution in [0.3, 0.4) is 0 Å². The summed E-state index contributed by atoms with van der Waals surface area (Å²) in [5, 5.41) is 3.13. The number of amides is 1. The van der Waals surface area contributed by atoms with Crippen LogP contribution in [-0.4, -0.2) is 30.2 Å². The maximum absolute atomic E-state index is 12.7. The van der Waals surface area contributed by atoms with Crippen molar-refractivity contribution in [1.29, 1.82) is 0 Å². The molecule has 110 valence electrons. The summed E-state index contributed by atoms with van der Waals surface area (Å²) >= 11 is 0. The molecular formula is C15H28N2O2. The van der Waals surface area contributed by atoms with Crippen LogP contribution in [0.4, 0.5) is 0 Å². The molecule has 2 aliphatic rings. The van der Waals surface area contributed by atoms with Gasteiger partial charge in [0.15, 0.2) is 0 Å². The topological polar surface area (TPSA) is 64.4 Å². The maximum atomic E-state index is 12.7. The van der Waals surface area contributed by atoms with E-state index in [0.29, 0.717) is 0 Å². The molecule has 2 fully saturated rings. The highest BCUT2D eigenvalue weighted by Gasteiger charge is 2.70. The molecular weight excluding hydrogens is 240 g/mol. The van der Waals surface area contributed by atoms with Crippen LogP contribution in [0.2, 0.25) is 0 Å². The smallest absolute Gasteiger partial charge is 0.241 e. The van der Waals surface area contributed by atoms with Crippen molar-refractivity contribution in [1.82, 2.24) is 5.32 Å². The average Bonchev–Trinajstić information content (AvgIpc) is 2.43. The van der Waals surface area contributed by atoms with E-state index in [4.69, 9.17) is 10.5 Å². The molecule has 1 aliphatic heterocycles. The van der Waals surface area contributed by atoms with Gasteiger partial charge in [-0.3, -0.25) is 4.79 Å². The number of ether oxygens (including phenoxy) is 1. The Balaban J connectivity index is 2.14. The van der Waals surface area contributed by atoms with Gasteiger partial charge in [-0.2, -0.15) is 0 Å². The maximum Gasteiger partial charge on any atom is 0.241 e. The Labute approximate surface area is 116 Å². The van der Waals surface area contributed by atoms with Gasteiger partial charge in [0.1, 0.15) is 5.54 Å². The Kier molecular flexibility index (Phi) is 3.94. The second kappa shape index (κ2) is 5.06. The summed E-state index contributed by atoms with van der Waals surface area (Å²) in [5.41, 5.74) is 5.48. The van der Waals surface area contributed by atoms with E-state index in [1.165, 1.54) is 0 Å². The average molecular weight is 268 g/mol. The monoisotopic (exact) mass is 268 g/mol. The summed E-state index contributed by atoms with van der Waals surface area (Å²) in [7, 11) is 0. The molecule has 0 bridgehead atoms. The highest BCUT2D eigenvalue weighted by atomic mass is 16.5. The van der Waals surface area contributed by atoms with E-state index in [9.17, 15) is 4.79 Å². The van der Waals surface area contributed by atoms with E-state index in [0.717, 1.165) is 32.3 Å². The minimum Gasteiger partial charge on any atom is -0.377 e. The lowest BCUT2D eigenvalue weighted by atomic mass is 9.46. The molecule has 4 heteroatoms. The van der Waals surface area contributed by atoms with E-state index in [1.807, 2.05) is 0 Å². The molecule has 0 aromatic heterocycles. The minimum atomic E-state index is -0.777. The fourth-order valence-corrected chi connectivity index (χ4v) is 3.83. The lowest BCUT2D eigenvalue weighted by molar-refractivity contribution is -0.225. The zero-order valence-corrected chi connectivity index (χ0v) is 12.7. The van der Waals surface area contributed by atoms with E-state index >= 15 is 0 Å². The summed E-state index contributed by atoms with van der Waals surface area (Å²) in [5.74, 6) is 0.184. The molecule has 0 aromatic rings. The summed E-state index contributed by atoms with van der Waals surface area (Å²) in [6.07, 6.45) is 4.04. The quantitative estimate of drug-likeness (QED) is 0.817. The third kappa shape index (κ3) is 2.00. The third-order valence-electron chi connectivity index (χ3n) is 5.38. The fourth-order valence-electron chi connectivity index (χ4n) is 3.83. The molecule has 0 radical (unpaired) electrons. The summed E-state index contributed by atoms with van der Waals surface area (Å²) in [4.78, 5) is 12.7. The molecule has 1 amide bonds. The van der Waals surface area contributed by atoms with Crippen molar-refractivity contribution in [3.05, 3.63) is 0 Å². The van der Waals surface area contributed by atoms with Crippen LogP contribution in [0.15, 0.2) is 0 Å². The van der Waals surface area contributed by atoms with Crippen LogP contribution in [-0.2, 0) is 9.53 Å². The number of hydrogen-bond donors (Lipinski definition) is 2. The summed E-state index contributed by atoms with van der Waals surface area (Å²) < 4.78 is 5.84. The number of nitrogens with two attached hydrogens (primary N) is 1. The van der Waals surface area contributed by atoms with Crippen molar-refractivity contribution < 1.29 is 9.53 Å². The number of fused-ring (bicyclic) bond motifs is 1. The molecule has 19 heavy (non-hydrogen) atoms. The van der Waals surface area contributed by atoms with Gasteiger partial charge >= 0.3 is 0 Å². The minimum absolute atomic E-state index is 0.0120. The summed E-state index contributed by atoms with van der Waals surface area (Å²) in [6, 6.07) is 0.229. The van der Waals surface area contributed by atoms with Gasteiger partial charge in [0.2, 0.25) is 5.91 Å². The van der Waals surface area contributed by atoms with Crippen LogP contribution in [0.25, 0.3) is 0 Å². The van der Waals surface area contributed by atoms with Gasteiger partial charge < -0.3 is 15.8 Å². The van der Waals surface area contributed by atoms with E-state index < -0.39 is 5.54 Å². The molecule has 3 N–H and O–H groups in total. The Morgan fingerprint density at radius 1 is 1.42 bits per heavy atom. The van der Waals surface area contributed by atoms with Crippen molar-refractivity contribution in [2.75, 3.05) is 6.61 Å². The first kappa shape index (κ1) is 14.8.